The van der Waals surface area contributed by atoms with E-state index >= 15 is 0 Å². The molecule has 1 rings (SSSR count). The van der Waals surface area contributed by atoms with Crippen molar-refractivity contribution in [3.63, 3.8) is 0 Å². The standard InChI is InChI=1S/C12H10O6/c1-6(13)9(10(14)12(17)18)7-4-2-3-5-8(7)11(15)16/h2-5,9H,1H3,(H,15,16)(H,17,18). The molecule has 0 aliphatic rings. The molecular formula is C12H10O6. The summed E-state index contributed by atoms with van der Waals surface area (Å²) in [4.78, 5) is 44.5. The lowest BCUT2D eigenvalue weighted by molar-refractivity contribution is -0.151. The minimum atomic E-state index is -1.77. The van der Waals surface area contributed by atoms with Gasteiger partial charge in [0, 0.05) is 0 Å². The Balaban J connectivity index is 3.40. The molecule has 6 nitrogen and oxygen atoms in total. The van der Waals surface area contributed by atoms with Crippen LogP contribution in [0.15, 0.2) is 24.3 Å². The zero-order chi connectivity index (χ0) is 13.9. The number of hydrogen-bond acceptors (Lipinski definition) is 4. The number of aliphatic carboxylic acids is 1. The smallest absolute Gasteiger partial charge is 0.373 e. The van der Waals surface area contributed by atoms with E-state index in [0.717, 1.165) is 6.92 Å². The molecule has 0 amide bonds. The first kappa shape index (κ1) is 13.6. The van der Waals surface area contributed by atoms with Gasteiger partial charge in [0.05, 0.1) is 5.56 Å². The molecule has 2 N–H and O–H groups in total. The summed E-state index contributed by atoms with van der Waals surface area (Å²) in [6, 6.07) is 5.33. The molecule has 0 spiro atoms. The van der Waals surface area contributed by atoms with Crippen LogP contribution in [0.25, 0.3) is 0 Å². The van der Waals surface area contributed by atoms with Crippen molar-refractivity contribution in [3.8, 4) is 0 Å². The van der Waals surface area contributed by atoms with Crippen LogP contribution in [0.2, 0.25) is 0 Å². The van der Waals surface area contributed by atoms with Crippen molar-refractivity contribution in [2.75, 3.05) is 0 Å². The molecule has 0 radical (unpaired) electrons. The van der Waals surface area contributed by atoms with Crippen LogP contribution in [0.1, 0.15) is 28.8 Å². The van der Waals surface area contributed by atoms with E-state index in [-0.39, 0.29) is 11.1 Å². The van der Waals surface area contributed by atoms with Crippen LogP contribution in [0.3, 0.4) is 0 Å². The van der Waals surface area contributed by atoms with Gasteiger partial charge in [-0.3, -0.25) is 9.59 Å². The number of rotatable bonds is 5. The number of aromatic carboxylic acids is 1. The van der Waals surface area contributed by atoms with Gasteiger partial charge in [-0.25, -0.2) is 9.59 Å². The monoisotopic (exact) mass is 250 g/mol. The summed E-state index contributed by atoms with van der Waals surface area (Å²) in [6.45, 7) is 1.05. The topological polar surface area (TPSA) is 109 Å². The van der Waals surface area contributed by atoms with Gasteiger partial charge in [-0.2, -0.15) is 0 Å². The lowest BCUT2D eigenvalue weighted by Crippen LogP contribution is -2.28. The lowest BCUT2D eigenvalue weighted by atomic mass is 9.88. The van der Waals surface area contributed by atoms with E-state index in [1.54, 1.807) is 0 Å². The summed E-state index contributed by atoms with van der Waals surface area (Å²) < 4.78 is 0. The van der Waals surface area contributed by atoms with E-state index in [0.29, 0.717) is 0 Å². The molecule has 0 saturated heterocycles. The first-order chi connectivity index (χ1) is 8.36. The highest BCUT2D eigenvalue weighted by Crippen LogP contribution is 2.22. The maximum atomic E-state index is 11.4. The van der Waals surface area contributed by atoms with Gasteiger partial charge in [-0.1, -0.05) is 18.2 Å². The lowest BCUT2D eigenvalue weighted by Gasteiger charge is -2.13. The molecule has 0 bridgehead atoms. The Morgan fingerprint density at radius 2 is 1.61 bits per heavy atom. The van der Waals surface area contributed by atoms with E-state index in [4.69, 9.17) is 10.2 Å². The van der Waals surface area contributed by atoms with Gasteiger partial charge < -0.3 is 10.2 Å². The van der Waals surface area contributed by atoms with Gasteiger partial charge in [0.1, 0.15) is 11.7 Å². The fourth-order valence-electron chi connectivity index (χ4n) is 1.61. The Morgan fingerprint density at radius 1 is 1.06 bits per heavy atom. The Bertz CT molecular complexity index is 531. The van der Waals surface area contributed by atoms with Crippen molar-refractivity contribution >= 4 is 23.5 Å². The SMILES string of the molecule is CC(=O)C(C(=O)C(=O)O)c1ccccc1C(=O)O. The predicted molar refractivity (Wildman–Crippen MR) is 59.5 cm³/mol. The largest absolute Gasteiger partial charge is 0.478 e. The van der Waals surface area contributed by atoms with Crippen LogP contribution in [0.5, 0.6) is 0 Å². The molecule has 1 atom stereocenters. The Hall–Kier alpha value is -2.50. The fourth-order valence-corrected chi connectivity index (χ4v) is 1.61. The molecule has 0 aromatic heterocycles. The number of carboxylic acids is 2. The molecule has 0 fully saturated rings. The zero-order valence-corrected chi connectivity index (χ0v) is 9.41. The van der Waals surface area contributed by atoms with Crippen molar-refractivity contribution in [2.45, 2.75) is 12.8 Å². The van der Waals surface area contributed by atoms with Gasteiger partial charge in [0.25, 0.3) is 5.78 Å². The van der Waals surface area contributed by atoms with E-state index in [1.165, 1.54) is 24.3 Å². The summed E-state index contributed by atoms with van der Waals surface area (Å²) in [6.07, 6.45) is 0. The summed E-state index contributed by atoms with van der Waals surface area (Å²) in [5.41, 5.74) is -0.364. The van der Waals surface area contributed by atoms with Crippen molar-refractivity contribution in [1.82, 2.24) is 0 Å². The van der Waals surface area contributed by atoms with Crippen molar-refractivity contribution in [2.24, 2.45) is 0 Å². The first-order valence-electron chi connectivity index (χ1n) is 4.96. The Kier molecular flexibility index (Phi) is 3.93. The molecule has 1 aromatic carbocycles. The van der Waals surface area contributed by atoms with Crippen molar-refractivity contribution < 1.29 is 29.4 Å². The number of hydrogen-bond donors (Lipinski definition) is 2. The molecule has 1 unspecified atom stereocenters. The highest BCUT2D eigenvalue weighted by atomic mass is 16.4. The zero-order valence-electron chi connectivity index (χ0n) is 9.41. The summed E-state index contributed by atoms with van der Waals surface area (Å²) in [5, 5.41) is 17.6. The molecule has 1 aromatic rings. The number of benzene rings is 1. The third-order valence-corrected chi connectivity index (χ3v) is 2.38. The normalized spacial score (nSPS) is 11.6. The summed E-state index contributed by atoms with van der Waals surface area (Å²) in [5.74, 6) is -6.73. The summed E-state index contributed by atoms with van der Waals surface area (Å²) in [7, 11) is 0. The van der Waals surface area contributed by atoms with E-state index in [9.17, 15) is 19.2 Å². The molecule has 0 heterocycles. The first-order valence-corrected chi connectivity index (χ1v) is 4.96. The molecule has 94 valence electrons. The second-order valence-electron chi connectivity index (χ2n) is 3.61. The van der Waals surface area contributed by atoms with Crippen molar-refractivity contribution in [3.05, 3.63) is 35.4 Å². The Labute approximate surface area is 102 Å². The maximum absolute atomic E-state index is 11.4. The van der Waals surface area contributed by atoms with Crippen molar-refractivity contribution in [1.29, 1.82) is 0 Å². The molecule has 18 heavy (non-hydrogen) atoms. The van der Waals surface area contributed by atoms with Crippen LogP contribution < -0.4 is 0 Å². The third-order valence-electron chi connectivity index (χ3n) is 2.38. The van der Waals surface area contributed by atoms with Gasteiger partial charge in [-0.15, -0.1) is 0 Å². The van der Waals surface area contributed by atoms with Crippen LogP contribution in [0, 0.1) is 0 Å². The molecular weight excluding hydrogens is 240 g/mol. The van der Waals surface area contributed by atoms with Crippen LogP contribution in [0.4, 0.5) is 0 Å². The highest BCUT2D eigenvalue weighted by molar-refractivity contribution is 6.39. The minimum absolute atomic E-state index is 0.107. The number of Topliss-reactive ketones (excluding diaryl/α,β-unsaturated/α-hetero) is 2. The fraction of sp³-hybridized carbons (Fsp3) is 0.167. The average molecular weight is 250 g/mol. The number of carbonyl (C=O) groups excluding carboxylic acids is 2. The van der Waals surface area contributed by atoms with Gasteiger partial charge in [0.15, 0.2) is 0 Å². The molecule has 0 saturated carbocycles. The molecule has 0 aliphatic heterocycles. The second-order valence-corrected chi connectivity index (χ2v) is 3.61. The van der Waals surface area contributed by atoms with Crippen LogP contribution in [-0.2, 0) is 14.4 Å². The van der Waals surface area contributed by atoms with E-state index < -0.39 is 29.4 Å². The van der Waals surface area contributed by atoms with Crippen LogP contribution >= 0.6 is 0 Å². The Morgan fingerprint density at radius 3 is 2.06 bits per heavy atom. The quantitative estimate of drug-likeness (QED) is 0.588. The highest BCUT2D eigenvalue weighted by Gasteiger charge is 2.33. The van der Waals surface area contributed by atoms with E-state index in [1.807, 2.05) is 0 Å². The number of carbonyl (C=O) groups is 4. The third kappa shape index (κ3) is 2.60. The maximum Gasteiger partial charge on any atom is 0.373 e. The van der Waals surface area contributed by atoms with Gasteiger partial charge in [-0.05, 0) is 18.6 Å². The molecule has 6 heteroatoms. The molecule has 0 aliphatic carbocycles. The summed E-state index contributed by atoms with van der Waals surface area (Å²) >= 11 is 0. The second kappa shape index (κ2) is 5.22. The van der Waals surface area contributed by atoms with Crippen LogP contribution in [-0.4, -0.2) is 33.7 Å². The number of ketones is 2. The van der Waals surface area contributed by atoms with Gasteiger partial charge >= 0.3 is 11.9 Å². The predicted octanol–water partition coefficient (Wildman–Crippen LogP) is 0.711. The van der Waals surface area contributed by atoms with Gasteiger partial charge in [0.2, 0.25) is 0 Å². The minimum Gasteiger partial charge on any atom is -0.478 e. The number of carboxylic acid groups (broad SMARTS) is 2. The van der Waals surface area contributed by atoms with E-state index in [2.05, 4.69) is 0 Å². The average Bonchev–Trinajstić information content (AvgIpc) is 2.28.